The van der Waals surface area contributed by atoms with E-state index in [1.54, 1.807) is 6.07 Å². The lowest BCUT2D eigenvalue weighted by Crippen LogP contribution is -2.31. The van der Waals surface area contributed by atoms with Crippen molar-refractivity contribution >= 4 is 17.4 Å². The Morgan fingerprint density at radius 1 is 0.964 bits per heavy atom. The molecule has 1 N–H and O–H groups in total. The molecule has 2 heterocycles. The molecular formula is C23H24N4O. The van der Waals surface area contributed by atoms with Gasteiger partial charge in [0.1, 0.15) is 0 Å². The van der Waals surface area contributed by atoms with Crippen molar-refractivity contribution in [2.24, 2.45) is 0 Å². The average molecular weight is 372 g/mol. The number of benzene rings is 2. The van der Waals surface area contributed by atoms with E-state index >= 15 is 0 Å². The predicted molar refractivity (Wildman–Crippen MR) is 112 cm³/mol. The van der Waals surface area contributed by atoms with E-state index in [0.29, 0.717) is 11.6 Å². The van der Waals surface area contributed by atoms with Crippen LogP contribution >= 0.6 is 0 Å². The summed E-state index contributed by atoms with van der Waals surface area (Å²) in [7, 11) is 0. The first-order valence-electron chi connectivity index (χ1n) is 9.67. The number of carbonyl (C=O) groups excluding carboxylic acids is 1. The predicted octanol–water partition coefficient (Wildman–Crippen LogP) is 4.42. The summed E-state index contributed by atoms with van der Waals surface area (Å²) in [6.45, 7) is 6.01. The molecule has 0 saturated carbocycles. The third-order valence-corrected chi connectivity index (χ3v) is 5.17. The van der Waals surface area contributed by atoms with Crippen LogP contribution in [0.1, 0.15) is 46.9 Å². The van der Waals surface area contributed by atoms with Gasteiger partial charge in [0.2, 0.25) is 0 Å². The quantitative estimate of drug-likeness (QED) is 0.737. The monoisotopic (exact) mass is 372 g/mol. The molecule has 28 heavy (non-hydrogen) atoms. The van der Waals surface area contributed by atoms with E-state index in [-0.39, 0.29) is 5.91 Å². The molecule has 0 spiro atoms. The van der Waals surface area contributed by atoms with Crippen LogP contribution < -0.4 is 10.2 Å². The summed E-state index contributed by atoms with van der Waals surface area (Å²) in [4.78, 5) is 14.7. The van der Waals surface area contributed by atoms with Crippen molar-refractivity contribution in [1.82, 2.24) is 10.2 Å². The summed E-state index contributed by atoms with van der Waals surface area (Å²) in [5.41, 5.74) is 5.03. The Bertz CT molecular complexity index is 965. The molecule has 4 rings (SSSR count). The minimum absolute atomic E-state index is 0.250. The van der Waals surface area contributed by atoms with Gasteiger partial charge in [-0.15, -0.1) is 10.2 Å². The number of fused-ring (bicyclic) bond motifs is 1. The third kappa shape index (κ3) is 3.88. The van der Waals surface area contributed by atoms with Crippen molar-refractivity contribution in [3.8, 4) is 0 Å². The lowest BCUT2D eigenvalue weighted by molar-refractivity contribution is 0.102. The fourth-order valence-corrected chi connectivity index (χ4v) is 3.45. The molecule has 0 fully saturated rings. The highest BCUT2D eigenvalue weighted by atomic mass is 16.1. The van der Waals surface area contributed by atoms with Gasteiger partial charge in [-0.05, 0) is 53.3 Å². The summed E-state index contributed by atoms with van der Waals surface area (Å²) in [5.74, 6) is 1.01. The third-order valence-electron chi connectivity index (χ3n) is 5.17. The van der Waals surface area contributed by atoms with Gasteiger partial charge in [-0.3, -0.25) is 4.79 Å². The molecule has 1 aliphatic rings. The minimum Gasteiger partial charge on any atom is -0.350 e. The summed E-state index contributed by atoms with van der Waals surface area (Å²) in [5, 5.41) is 11.3. The Morgan fingerprint density at radius 3 is 2.39 bits per heavy atom. The van der Waals surface area contributed by atoms with Crippen molar-refractivity contribution in [2.75, 3.05) is 16.8 Å². The molecule has 142 valence electrons. The topological polar surface area (TPSA) is 58.1 Å². The van der Waals surface area contributed by atoms with Crippen molar-refractivity contribution in [1.29, 1.82) is 0 Å². The second-order valence-corrected chi connectivity index (χ2v) is 7.45. The first-order chi connectivity index (χ1) is 13.6. The van der Waals surface area contributed by atoms with Crippen LogP contribution in [0.2, 0.25) is 0 Å². The van der Waals surface area contributed by atoms with E-state index < -0.39 is 0 Å². The molecule has 5 nitrogen and oxygen atoms in total. The van der Waals surface area contributed by atoms with Gasteiger partial charge in [-0.25, -0.2) is 0 Å². The number of nitrogens with zero attached hydrogens (tertiary/aromatic N) is 3. The van der Waals surface area contributed by atoms with Gasteiger partial charge < -0.3 is 10.2 Å². The Balaban J connectivity index is 1.42. The van der Waals surface area contributed by atoms with Gasteiger partial charge >= 0.3 is 0 Å². The maximum absolute atomic E-state index is 12.5. The number of hydrogen-bond donors (Lipinski definition) is 1. The van der Waals surface area contributed by atoms with E-state index in [4.69, 9.17) is 0 Å². The lowest BCUT2D eigenvalue weighted by Gasteiger charge is -2.29. The smallest absolute Gasteiger partial charge is 0.276 e. The van der Waals surface area contributed by atoms with Gasteiger partial charge in [-0.1, -0.05) is 50.2 Å². The molecule has 0 atom stereocenters. The number of hydrogen-bond acceptors (Lipinski definition) is 4. The zero-order chi connectivity index (χ0) is 19.5. The zero-order valence-corrected chi connectivity index (χ0v) is 16.2. The Morgan fingerprint density at radius 2 is 1.71 bits per heavy atom. The number of aromatic nitrogens is 2. The van der Waals surface area contributed by atoms with E-state index in [1.165, 1.54) is 16.7 Å². The SMILES string of the molecule is CC(C)c1ccc(NC(=O)c2ccc(N3CCc4ccccc4C3)nn2)cc1. The maximum Gasteiger partial charge on any atom is 0.276 e. The molecule has 0 aliphatic carbocycles. The van der Waals surface area contributed by atoms with Crippen molar-refractivity contribution < 1.29 is 4.79 Å². The molecule has 0 radical (unpaired) electrons. The van der Waals surface area contributed by atoms with Crippen LogP contribution in [0.4, 0.5) is 11.5 Å². The van der Waals surface area contributed by atoms with Crippen LogP contribution in [0.15, 0.2) is 60.7 Å². The normalized spacial score (nSPS) is 13.3. The van der Waals surface area contributed by atoms with E-state index in [2.05, 4.69) is 58.5 Å². The second-order valence-electron chi connectivity index (χ2n) is 7.45. The van der Waals surface area contributed by atoms with E-state index in [0.717, 1.165) is 31.0 Å². The molecule has 2 aromatic carbocycles. The molecule has 3 aromatic rings. The highest BCUT2D eigenvalue weighted by molar-refractivity contribution is 6.02. The zero-order valence-electron chi connectivity index (χ0n) is 16.2. The summed E-state index contributed by atoms with van der Waals surface area (Å²) in [6, 6.07) is 20.0. The Labute approximate surface area is 165 Å². The first kappa shape index (κ1) is 18.2. The number of rotatable bonds is 4. The van der Waals surface area contributed by atoms with Crippen molar-refractivity contribution in [3.05, 3.63) is 83.0 Å². The van der Waals surface area contributed by atoms with E-state index in [9.17, 15) is 4.79 Å². The molecule has 1 amide bonds. The maximum atomic E-state index is 12.5. The van der Waals surface area contributed by atoms with Crippen LogP contribution in [-0.4, -0.2) is 22.6 Å². The molecule has 1 aromatic heterocycles. The summed E-state index contributed by atoms with van der Waals surface area (Å²) in [6.07, 6.45) is 0.993. The molecule has 0 saturated heterocycles. The number of nitrogens with one attached hydrogen (secondary N) is 1. The largest absolute Gasteiger partial charge is 0.350 e. The van der Waals surface area contributed by atoms with Gasteiger partial charge in [0, 0.05) is 18.8 Å². The van der Waals surface area contributed by atoms with Gasteiger partial charge in [-0.2, -0.15) is 0 Å². The Hall–Kier alpha value is -3.21. The number of carbonyl (C=O) groups is 1. The molecular weight excluding hydrogens is 348 g/mol. The second kappa shape index (κ2) is 7.80. The van der Waals surface area contributed by atoms with Crippen LogP contribution in [0, 0.1) is 0 Å². The van der Waals surface area contributed by atoms with Crippen LogP contribution in [-0.2, 0) is 13.0 Å². The fraction of sp³-hybridized carbons (Fsp3) is 0.261. The highest BCUT2D eigenvalue weighted by Crippen LogP contribution is 2.23. The van der Waals surface area contributed by atoms with Crippen molar-refractivity contribution in [3.63, 3.8) is 0 Å². The molecule has 0 unspecified atom stereocenters. The standard InChI is InChI=1S/C23H24N4O/c1-16(2)17-7-9-20(10-8-17)24-23(28)21-11-12-22(26-25-21)27-14-13-18-5-3-4-6-19(18)15-27/h3-12,16H,13-15H2,1-2H3,(H,24,28). The summed E-state index contributed by atoms with van der Waals surface area (Å²) < 4.78 is 0. The van der Waals surface area contributed by atoms with Crippen molar-refractivity contribution in [2.45, 2.75) is 32.7 Å². The van der Waals surface area contributed by atoms with Crippen LogP contribution in [0.5, 0.6) is 0 Å². The number of amides is 1. The van der Waals surface area contributed by atoms with Gasteiger partial charge in [0.15, 0.2) is 11.5 Å². The fourth-order valence-electron chi connectivity index (χ4n) is 3.45. The van der Waals surface area contributed by atoms with Crippen LogP contribution in [0.25, 0.3) is 0 Å². The Kier molecular flexibility index (Phi) is 5.06. The lowest BCUT2D eigenvalue weighted by atomic mass is 10.00. The molecule has 5 heteroatoms. The van der Waals surface area contributed by atoms with Crippen LogP contribution in [0.3, 0.4) is 0 Å². The van der Waals surface area contributed by atoms with E-state index in [1.807, 2.05) is 30.3 Å². The number of anilines is 2. The summed E-state index contributed by atoms with van der Waals surface area (Å²) >= 11 is 0. The van der Waals surface area contributed by atoms with Gasteiger partial charge in [0.05, 0.1) is 0 Å². The van der Waals surface area contributed by atoms with Gasteiger partial charge in [0.25, 0.3) is 5.91 Å². The highest BCUT2D eigenvalue weighted by Gasteiger charge is 2.18. The molecule has 0 bridgehead atoms. The minimum atomic E-state index is -0.250. The first-order valence-corrected chi connectivity index (χ1v) is 9.67. The molecule has 1 aliphatic heterocycles. The average Bonchev–Trinajstić information content (AvgIpc) is 2.74.